The van der Waals surface area contributed by atoms with E-state index in [1.807, 2.05) is 24.3 Å². The highest BCUT2D eigenvalue weighted by Gasteiger charge is 2.32. The molecule has 0 aromatic heterocycles. The molecule has 2 N–H and O–H groups in total. The van der Waals surface area contributed by atoms with Gasteiger partial charge >= 0.3 is 0 Å². The lowest BCUT2D eigenvalue weighted by atomic mass is 9.82. The van der Waals surface area contributed by atoms with E-state index in [4.69, 9.17) is 11.6 Å². The van der Waals surface area contributed by atoms with E-state index in [-0.39, 0.29) is 0 Å². The summed E-state index contributed by atoms with van der Waals surface area (Å²) in [5, 5.41) is 15.2. The molecule has 2 fully saturated rings. The highest BCUT2D eigenvalue weighted by atomic mass is 35.5. The maximum absolute atomic E-state index is 10.7. The third kappa shape index (κ3) is 4.97. The number of aliphatic hydroxyl groups is 1. The molecule has 0 unspecified atom stereocenters. The Bertz CT molecular complexity index is 606. The molecule has 1 aromatic carbocycles. The number of hydrogen-bond donors (Lipinski definition) is 2. The van der Waals surface area contributed by atoms with Crippen LogP contribution in [0.5, 0.6) is 0 Å². The molecule has 24 heavy (non-hydrogen) atoms. The Hall–Kier alpha value is -1.05. The fraction of sp³-hybridized carbons (Fsp3) is 0.600. The van der Waals surface area contributed by atoms with E-state index in [1.165, 1.54) is 25.9 Å². The van der Waals surface area contributed by atoms with E-state index in [9.17, 15) is 5.11 Å². The number of halogens is 1. The largest absolute Gasteiger partial charge is 0.378 e. The van der Waals surface area contributed by atoms with Crippen LogP contribution in [-0.4, -0.2) is 47.8 Å². The van der Waals surface area contributed by atoms with Gasteiger partial charge in [-0.25, -0.2) is 0 Å². The van der Waals surface area contributed by atoms with Gasteiger partial charge in [-0.05, 0) is 76.9 Å². The van der Waals surface area contributed by atoms with Crippen LogP contribution in [-0.2, 0) is 0 Å². The molecule has 1 saturated carbocycles. The number of benzene rings is 1. The predicted octanol–water partition coefficient (Wildman–Crippen LogP) is 3.05. The van der Waals surface area contributed by atoms with Crippen LogP contribution < -0.4 is 5.32 Å². The third-order valence-corrected chi connectivity index (χ3v) is 5.50. The third-order valence-electron chi connectivity index (χ3n) is 5.27. The lowest BCUT2D eigenvalue weighted by Crippen LogP contribution is -2.48. The molecule has 0 bridgehead atoms. The van der Waals surface area contributed by atoms with Crippen molar-refractivity contribution in [1.82, 2.24) is 10.2 Å². The van der Waals surface area contributed by atoms with Crippen molar-refractivity contribution in [3.8, 4) is 11.8 Å². The van der Waals surface area contributed by atoms with Gasteiger partial charge in [0.1, 0.15) is 5.60 Å². The van der Waals surface area contributed by atoms with Gasteiger partial charge in [-0.3, -0.25) is 0 Å². The van der Waals surface area contributed by atoms with Crippen LogP contribution in [0.3, 0.4) is 0 Å². The SMILES string of the molecule is CN1CCC(NC2CCC(O)(C#Cc3cccc(Cl)c3)CC2)CC1. The average Bonchev–Trinajstić information content (AvgIpc) is 2.58. The second kappa shape index (κ2) is 7.89. The van der Waals surface area contributed by atoms with Crippen molar-refractivity contribution in [2.45, 2.75) is 56.2 Å². The quantitative estimate of drug-likeness (QED) is 0.808. The molecule has 130 valence electrons. The van der Waals surface area contributed by atoms with Crippen molar-refractivity contribution in [2.75, 3.05) is 20.1 Å². The van der Waals surface area contributed by atoms with Gasteiger partial charge in [0.15, 0.2) is 0 Å². The normalized spacial score (nSPS) is 29.0. The first-order valence-corrected chi connectivity index (χ1v) is 9.36. The molecule has 1 heterocycles. The van der Waals surface area contributed by atoms with Gasteiger partial charge in [0.2, 0.25) is 0 Å². The Balaban J connectivity index is 1.50. The first kappa shape index (κ1) is 17.8. The van der Waals surface area contributed by atoms with Gasteiger partial charge in [-0.2, -0.15) is 0 Å². The first-order chi connectivity index (χ1) is 11.5. The molecule has 1 saturated heterocycles. The number of hydrogen-bond acceptors (Lipinski definition) is 3. The van der Waals surface area contributed by atoms with E-state index in [2.05, 4.69) is 29.1 Å². The molecule has 0 spiro atoms. The summed E-state index contributed by atoms with van der Waals surface area (Å²) in [6, 6.07) is 8.64. The van der Waals surface area contributed by atoms with Crippen molar-refractivity contribution in [3.05, 3.63) is 34.9 Å². The van der Waals surface area contributed by atoms with Crippen LogP contribution in [0.15, 0.2) is 24.3 Å². The molecule has 0 atom stereocenters. The lowest BCUT2D eigenvalue weighted by Gasteiger charge is -2.37. The minimum Gasteiger partial charge on any atom is -0.378 e. The van der Waals surface area contributed by atoms with Gasteiger partial charge in [-0.1, -0.05) is 29.5 Å². The summed E-state index contributed by atoms with van der Waals surface area (Å²) in [5.41, 5.74) is 0.00954. The van der Waals surface area contributed by atoms with Crippen LogP contribution in [0.4, 0.5) is 0 Å². The fourth-order valence-electron chi connectivity index (χ4n) is 3.65. The van der Waals surface area contributed by atoms with Crippen LogP contribution >= 0.6 is 11.6 Å². The zero-order chi connectivity index (χ0) is 17.0. The molecule has 0 amide bonds. The van der Waals surface area contributed by atoms with Crippen molar-refractivity contribution in [2.24, 2.45) is 0 Å². The maximum atomic E-state index is 10.7. The van der Waals surface area contributed by atoms with E-state index in [0.29, 0.717) is 17.1 Å². The van der Waals surface area contributed by atoms with Gasteiger partial charge < -0.3 is 15.3 Å². The second-order valence-electron chi connectivity index (χ2n) is 7.31. The van der Waals surface area contributed by atoms with Crippen LogP contribution in [0.2, 0.25) is 5.02 Å². The molecule has 1 aliphatic heterocycles. The molecular formula is C20H27ClN2O. The monoisotopic (exact) mass is 346 g/mol. The Morgan fingerprint density at radius 2 is 1.83 bits per heavy atom. The van der Waals surface area contributed by atoms with Crippen molar-refractivity contribution in [1.29, 1.82) is 0 Å². The Labute approximate surface area is 150 Å². The molecule has 3 nitrogen and oxygen atoms in total. The molecule has 0 radical (unpaired) electrons. The number of nitrogens with zero attached hydrogens (tertiary/aromatic N) is 1. The summed E-state index contributed by atoms with van der Waals surface area (Å²) in [5.74, 6) is 6.17. The summed E-state index contributed by atoms with van der Waals surface area (Å²) in [4.78, 5) is 2.39. The summed E-state index contributed by atoms with van der Waals surface area (Å²) in [6.07, 6.45) is 5.92. The van der Waals surface area contributed by atoms with Crippen LogP contribution in [0.1, 0.15) is 44.1 Å². The summed E-state index contributed by atoms with van der Waals surface area (Å²) >= 11 is 5.98. The molecule has 2 aliphatic rings. The zero-order valence-electron chi connectivity index (χ0n) is 14.4. The molecule has 3 rings (SSSR count). The predicted molar refractivity (Wildman–Crippen MR) is 99.2 cm³/mol. The summed E-state index contributed by atoms with van der Waals surface area (Å²) < 4.78 is 0. The zero-order valence-corrected chi connectivity index (χ0v) is 15.1. The second-order valence-corrected chi connectivity index (χ2v) is 7.75. The van der Waals surface area contributed by atoms with E-state index in [1.54, 1.807) is 0 Å². The highest BCUT2D eigenvalue weighted by molar-refractivity contribution is 6.30. The van der Waals surface area contributed by atoms with Gasteiger partial charge in [0.05, 0.1) is 0 Å². The van der Waals surface area contributed by atoms with Crippen molar-refractivity contribution in [3.63, 3.8) is 0 Å². The van der Waals surface area contributed by atoms with Crippen LogP contribution in [0, 0.1) is 11.8 Å². The first-order valence-electron chi connectivity index (χ1n) is 8.98. The Morgan fingerprint density at radius 3 is 2.50 bits per heavy atom. The van der Waals surface area contributed by atoms with E-state index in [0.717, 1.165) is 31.2 Å². The van der Waals surface area contributed by atoms with E-state index < -0.39 is 5.60 Å². The number of piperidine rings is 1. The smallest absolute Gasteiger partial charge is 0.126 e. The minimum atomic E-state index is -0.854. The highest BCUT2D eigenvalue weighted by Crippen LogP contribution is 2.29. The van der Waals surface area contributed by atoms with Gasteiger partial charge in [0, 0.05) is 22.7 Å². The van der Waals surface area contributed by atoms with Gasteiger partial charge in [0.25, 0.3) is 0 Å². The standard InChI is InChI=1S/C20H27ClN2O/c1-23-13-8-19(9-14-23)22-18-6-11-20(24,12-7-18)10-5-16-3-2-4-17(21)15-16/h2-4,15,18-19,22,24H,6-9,11-14H2,1H3. The topological polar surface area (TPSA) is 35.5 Å². The average molecular weight is 347 g/mol. The summed E-state index contributed by atoms with van der Waals surface area (Å²) in [6.45, 7) is 2.36. The van der Waals surface area contributed by atoms with Crippen LogP contribution in [0.25, 0.3) is 0 Å². The van der Waals surface area contributed by atoms with Crippen molar-refractivity contribution < 1.29 is 5.11 Å². The summed E-state index contributed by atoms with van der Waals surface area (Å²) in [7, 11) is 2.19. The molecule has 1 aromatic rings. The number of rotatable bonds is 2. The molecule has 1 aliphatic carbocycles. The number of likely N-dealkylation sites (tertiary alicyclic amines) is 1. The Kier molecular flexibility index (Phi) is 5.84. The number of nitrogens with one attached hydrogen (secondary N) is 1. The molecular weight excluding hydrogens is 320 g/mol. The Morgan fingerprint density at radius 1 is 1.17 bits per heavy atom. The molecule has 4 heteroatoms. The maximum Gasteiger partial charge on any atom is 0.126 e. The van der Waals surface area contributed by atoms with Gasteiger partial charge in [-0.15, -0.1) is 0 Å². The minimum absolute atomic E-state index is 0.520. The van der Waals surface area contributed by atoms with Crippen molar-refractivity contribution >= 4 is 11.6 Å². The van der Waals surface area contributed by atoms with E-state index >= 15 is 0 Å². The fourth-order valence-corrected chi connectivity index (χ4v) is 3.84. The lowest BCUT2D eigenvalue weighted by molar-refractivity contribution is 0.0479.